The molecule has 332 valence electrons. The second-order valence-electron chi connectivity index (χ2n) is 16.7. The number of aryl methyl sites for hydroxylation is 1. The molecule has 2 heterocycles. The van der Waals surface area contributed by atoms with Crippen LogP contribution in [-0.2, 0) is 48.4 Å². The fourth-order valence-corrected chi connectivity index (χ4v) is 10.8. The number of nitrogens with zero attached hydrogens (tertiary/aromatic N) is 2. The van der Waals surface area contributed by atoms with Gasteiger partial charge in [-0.15, -0.1) is 0 Å². The highest BCUT2D eigenvalue weighted by Gasteiger charge is 2.82. The Kier molecular flexibility index (Phi) is 6.92. The van der Waals surface area contributed by atoms with Crippen LogP contribution in [0.25, 0.3) is 75.9 Å². The van der Waals surface area contributed by atoms with Gasteiger partial charge in [-0.2, -0.15) is 79.0 Å². The molecule has 2 aromatic heterocycles. The molecule has 0 saturated carbocycles. The van der Waals surface area contributed by atoms with Gasteiger partial charge >= 0.3 is 53.3 Å². The predicted molar refractivity (Wildman–Crippen MR) is 198 cm³/mol. The topological polar surface area (TPSA) is 25.8 Å². The SMILES string of the molecule is FC1(F)c2c3c(c4cc5c6c(c7cc8c(cc7c5cc4c2C(F)(F)C1(F)F)c1c(c2ccc4ncccc4c28)C(F)(F)C(F)(F)C1(F)F)C(F)(F)C(F)(F)C6(F)F)-c1cccnc1CC3. The van der Waals surface area contributed by atoms with Crippen LogP contribution >= 0.6 is 0 Å². The van der Waals surface area contributed by atoms with Crippen molar-refractivity contribution in [3.8, 4) is 11.1 Å². The molecule has 0 unspecified atom stereocenters. The summed E-state index contributed by atoms with van der Waals surface area (Å²) in [6.45, 7) is 0. The molecule has 0 atom stereocenters. The Morgan fingerprint density at radius 2 is 0.769 bits per heavy atom. The average molecular weight is 927 g/mol. The van der Waals surface area contributed by atoms with E-state index in [1.54, 1.807) is 0 Å². The number of pyridine rings is 2. The minimum atomic E-state index is -6.34. The molecule has 2 nitrogen and oxygen atoms in total. The van der Waals surface area contributed by atoms with Gasteiger partial charge in [0.2, 0.25) is 0 Å². The number of rotatable bonds is 0. The van der Waals surface area contributed by atoms with Crippen molar-refractivity contribution in [2.75, 3.05) is 0 Å². The number of benzene rings is 6. The highest BCUT2D eigenvalue weighted by molar-refractivity contribution is 6.27. The molecule has 12 rings (SSSR count). The van der Waals surface area contributed by atoms with Gasteiger partial charge < -0.3 is 0 Å². The van der Waals surface area contributed by atoms with Crippen LogP contribution in [0.15, 0.2) is 73.1 Å². The minimum absolute atomic E-state index is 0.0399. The van der Waals surface area contributed by atoms with Gasteiger partial charge in [0.25, 0.3) is 0 Å². The molecular formula is C45H16F18N2. The Bertz CT molecular complexity index is 3610. The van der Waals surface area contributed by atoms with Crippen molar-refractivity contribution < 1.29 is 79.0 Å². The lowest BCUT2D eigenvalue weighted by Gasteiger charge is -2.27. The maximum atomic E-state index is 16.4. The van der Waals surface area contributed by atoms with Gasteiger partial charge in [-0.1, -0.05) is 18.2 Å². The van der Waals surface area contributed by atoms with E-state index < -0.39 is 158 Å². The van der Waals surface area contributed by atoms with Crippen LogP contribution in [0.2, 0.25) is 0 Å². The zero-order chi connectivity index (χ0) is 46.5. The normalized spacial score (nSPS) is 22.7. The number of fused-ring (bicyclic) bond motifs is 22. The molecule has 0 bridgehead atoms. The molecular weight excluding hydrogens is 910 g/mol. The lowest BCUT2D eigenvalue weighted by molar-refractivity contribution is -0.302. The zero-order valence-electron chi connectivity index (χ0n) is 31.5. The molecule has 4 aliphatic carbocycles. The number of aromatic nitrogens is 2. The number of hydrogen-bond donors (Lipinski definition) is 0. The van der Waals surface area contributed by atoms with Gasteiger partial charge in [0, 0.05) is 62.4 Å². The van der Waals surface area contributed by atoms with Crippen molar-refractivity contribution in [1.29, 1.82) is 0 Å². The molecule has 0 saturated heterocycles. The molecule has 8 aromatic rings. The van der Waals surface area contributed by atoms with Crippen LogP contribution in [0.1, 0.15) is 44.6 Å². The Labute approximate surface area is 348 Å². The van der Waals surface area contributed by atoms with E-state index in [9.17, 15) is 0 Å². The molecule has 0 fully saturated rings. The van der Waals surface area contributed by atoms with E-state index in [1.807, 2.05) is 0 Å². The first kappa shape index (κ1) is 40.4. The second-order valence-corrected chi connectivity index (χ2v) is 16.7. The monoisotopic (exact) mass is 926 g/mol. The largest absolute Gasteiger partial charge is 0.380 e. The quantitative estimate of drug-likeness (QED) is 0.0860. The first-order chi connectivity index (χ1) is 30.1. The summed E-state index contributed by atoms with van der Waals surface area (Å²) in [5.74, 6) is -53.6. The third kappa shape index (κ3) is 4.03. The minimum Gasteiger partial charge on any atom is -0.261 e. The maximum absolute atomic E-state index is 16.4. The average Bonchev–Trinajstić information content (AvgIpc) is 3.50. The molecule has 65 heavy (non-hydrogen) atoms. The summed E-state index contributed by atoms with van der Waals surface area (Å²) in [5, 5.41) is -11.5. The molecule has 6 aromatic carbocycles. The van der Waals surface area contributed by atoms with Crippen molar-refractivity contribution in [1.82, 2.24) is 9.97 Å². The van der Waals surface area contributed by atoms with Gasteiger partial charge in [-0.05, 0) is 120 Å². The van der Waals surface area contributed by atoms with Crippen molar-refractivity contribution in [3.63, 3.8) is 0 Å². The number of halogens is 18. The van der Waals surface area contributed by atoms with E-state index in [4.69, 9.17) is 0 Å². The summed E-state index contributed by atoms with van der Waals surface area (Å²) < 4.78 is 287. The predicted octanol–water partition coefficient (Wildman–Crippen LogP) is 14.7. The fourth-order valence-electron chi connectivity index (χ4n) is 10.8. The van der Waals surface area contributed by atoms with Crippen LogP contribution in [0.3, 0.4) is 0 Å². The maximum Gasteiger partial charge on any atom is 0.380 e. The summed E-state index contributed by atoms with van der Waals surface area (Å²) in [4.78, 5) is 8.10. The number of hydrogen-bond acceptors (Lipinski definition) is 2. The summed E-state index contributed by atoms with van der Waals surface area (Å²) in [6.07, 6.45) is 1.34. The number of alkyl halides is 18. The van der Waals surface area contributed by atoms with E-state index in [2.05, 4.69) is 9.97 Å². The summed E-state index contributed by atoms with van der Waals surface area (Å²) in [7, 11) is 0. The second kappa shape index (κ2) is 11.1. The van der Waals surface area contributed by atoms with Crippen molar-refractivity contribution >= 4 is 64.8 Å². The Hall–Kier alpha value is -6.08. The van der Waals surface area contributed by atoms with Crippen molar-refractivity contribution in [2.45, 2.75) is 66.1 Å². The Balaban J connectivity index is 1.39. The standard InChI is InChI=1S/C45H16F18N2/c46-37(47)31-17-5-7-27-15(3-1-9-64-27)29(17)21-13-23-19(11-25(21)35(31)41(54,55)43(37,58)59)20-12-26-22(14-24(20)34-33(23)39(50,51)45(62,63)40(34,52)53)30-16-4-2-10-65-28(16)8-6-18(30)32-36(26)42(56,57)44(60,61)38(32,48)49/h1-5,7,9-14H,6,8H2. The molecule has 4 aliphatic rings. The zero-order valence-corrected chi connectivity index (χ0v) is 31.5. The summed E-state index contributed by atoms with van der Waals surface area (Å²) in [5.41, 5.74) is -14.1. The Morgan fingerprint density at radius 3 is 1.32 bits per heavy atom. The summed E-state index contributed by atoms with van der Waals surface area (Å²) in [6, 6.07) is 7.52. The van der Waals surface area contributed by atoms with Crippen LogP contribution in [0.4, 0.5) is 79.0 Å². The van der Waals surface area contributed by atoms with Gasteiger partial charge in [0.1, 0.15) is 0 Å². The molecule has 0 radical (unpaired) electrons. The third-order valence-corrected chi connectivity index (χ3v) is 13.7. The van der Waals surface area contributed by atoms with E-state index in [-0.39, 0.29) is 40.7 Å². The van der Waals surface area contributed by atoms with E-state index in [0.717, 1.165) is 18.3 Å². The lowest BCUT2D eigenvalue weighted by Crippen LogP contribution is -2.43. The molecule has 0 N–H and O–H groups in total. The van der Waals surface area contributed by atoms with Crippen LogP contribution < -0.4 is 0 Å². The van der Waals surface area contributed by atoms with Gasteiger partial charge in [0.05, 0.1) is 5.52 Å². The van der Waals surface area contributed by atoms with Gasteiger partial charge in [0.15, 0.2) is 0 Å². The highest BCUT2D eigenvalue weighted by Crippen LogP contribution is 2.71. The molecule has 20 heteroatoms. The molecule has 0 spiro atoms. The smallest absolute Gasteiger partial charge is 0.261 e. The Morgan fingerprint density at radius 1 is 0.354 bits per heavy atom. The van der Waals surface area contributed by atoms with Gasteiger partial charge in [-0.25, -0.2) is 0 Å². The highest BCUT2D eigenvalue weighted by atomic mass is 19.4. The fraction of sp³-hybridized carbons (Fsp3) is 0.244. The van der Waals surface area contributed by atoms with Gasteiger partial charge in [-0.3, -0.25) is 9.97 Å². The lowest BCUT2D eigenvalue weighted by atomic mass is 9.78. The van der Waals surface area contributed by atoms with E-state index in [0.29, 0.717) is 18.2 Å². The molecule has 0 aliphatic heterocycles. The van der Waals surface area contributed by atoms with Crippen LogP contribution in [0.5, 0.6) is 0 Å². The van der Waals surface area contributed by atoms with E-state index >= 15 is 79.0 Å². The first-order valence-corrected chi connectivity index (χ1v) is 19.2. The van der Waals surface area contributed by atoms with E-state index in [1.165, 1.54) is 24.4 Å². The van der Waals surface area contributed by atoms with Crippen LogP contribution in [-0.4, -0.2) is 27.7 Å². The van der Waals surface area contributed by atoms with Crippen molar-refractivity contribution in [3.05, 3.63) is 118 Å². The third-order valence-electron chi connectivity index (χ3n) is 13.7. The molecule has 0 amide bonds. The summed E-state index contributed by atoms with van der Waals surface area (Å²) >= 11 is 0. The van der Waals surface area contributed by atoms with Crippen molar-refractivity contribution in [2.24, 2.45) is 0 Å². The first-order valence-electron chi connectivity index (χ1n) is 19.2. The van der Waals surface area contributed by atoms with Crippen LogP contribution in [0, 0.1) is 0 Å².